The minimum atomic E-state index is 0.857. The summed E-state index contributed by atoms with van der Waals surface area (Å²) >= 11 is 0. The van der Waals surface area contributed by atoms with Gasteiger partial charge in [0.15, 0.2) is 0 Å². The summed E-state index contributed by atoms with van der Waals surface area (Å²) in [7, 11) is 0. The molecule has 0 saturated carbocycles. The fraction of sp³-hybridized carbons (Fsp3) is 0.0500. The molecule has 0 unspecified atom stereocenters. The Morgan fingerprint density at radius 2 is 1.09 bits per heavy atom. The van der Waals surface area contributed by atoms with E-state index in [-0.39, 0.29) is 0 Å². The fourth-order valence-corrected chi connectivity index (χ4v) is 6.23. The van der Waals surface area contributed by atoms with E-state index < -0.39 is 0 Å². The summed E-state index contributed by atoms with van der Waals surface area (Å²) in [6, 6.07) is 40.5. The molecular weight excluding hydrogens is 536 g/mol. The van der Waals surface area contributed by atoms with Gasteiger partial charge in [0.2, 0.25) is 0 Å². The topological polar surface area (TPSA) is 51.0 Å². The number of fused-ring (bicyclic) bond motifs is 2. The van der Waals surface area contributed by atoms with Gasteiger partial charge in [-0.05, 0) is 87.0 Å². The summed E-state index contributed by atoms with van der Waals surface area (Å²) in [4.78, 5) is 18.8. The van der Waals surface area contributed by atoms with Crippen molar-refractivity contribution in [3.8, 4) is 44.8 Å². The quantitative estimate of drug-likeness (QED) is 0.196. The molecule has 0 amide bonds. The Kier molecular flexibility index (Phi) is 6.58. The van der Waals surface area contributed by atoms with Crippen LogP contribution in [-0.2, 0) is 0 Å². The fourth-order valence-electron chi connectivity index (χ4n) is 6.23. The van der Waals surface area contributed by atoms with Crippen molar-refractivity contribution in [2.75, 3.05) is 0 Å². The van der Waals surface area contributed by atoms with Gasteiger partial charge in [-0.25, -0.2) is 0 Å². The molecule has 1 aliphatic rings. The molecule has 0 fully saturated rings. The van der Waals surface area contributed by atoms with E-state index in [0.29, 0.717) is 0 Å². The molecule has 4 aromatic carbocycles. The summed E-state index contributed by atoms with van der Waals surface area (Å²) in [5.41, 5.74) is 10.6. The molecule has 4 heterocycles. The van der Waals surface area contributed by atoms with E-state index in [9.17, 15) is 0 Å². The number of rotatable bonds is 5. The third kappa shape index (κ3) is 4.67. The first kappa shape index (κ1) is 25.9. The second-order valence-electron chi connectivity index (χ2n) is 11.0. The molecular formula is C40H28N4. The van der Waals surface area contributed by atoms with Gasteiger partial charge in [-0.1, -0.05) is 91.0 Å². The van der Waals surface area contributed by atoms with Crippen molar-refractivity contribution in [2.24, 2.45) is 4.99 Å². The number of allylic oxidation sites excluding steroid dienone is 1. The van der Waals surface area contributed by atoms with Gasteiger partial charge in [0, 0.05) is 35.9 Å². The lowest BCUT2D eigenvalue weighted by Gasteiger charge is -2.19. The second kappa shape index (κ2) is 11.2. The normalized spacial score (nSPS) is 12.9. The van der Waals surface area contributed by atoms with Gasteiger partial charge in [-0.2, -0.15) is 0 Å². The molecule has 0 bridgehead atoms. The Balaban J connectivity index is 1.37. The smallest absolute Gasteiger partial charge is 0.0886 e. The van der Waals surface area contributed by atoms with Crippen LogP contribution in [0.4, 0.5) is 0 Å². The van der Waals surface area contributed by atoms with E-state index in [1.165, 1.54) is 43.8 Å². The van der Waals surface area contributed by atoms with Gasteiger partial charge >= 0.3 is 0 Å². The van der Waals surface area contributed by atoms with E-state index in [1.54, 1.807) is 6.20 Å². The second-order valence-corrected chi connectivity index (χ2v) is 11.0. The molecule has 0 saturated heterocycles. The number of pyridine rings is 3. The van der Waals surface area contributed by atoms with Crippen LogP contribution in [0.2, 0.25) is 0 Å². The SMILES string of the molecule is C1=CN=C(c2ccc(-c3c4ccccc4c(-c4ccc(-c5ccccn5)nc4)c4ccc(-c5ccccc5)cc34)cn2)CC1. The molecule has 1 aliphatic heterocycles. The maximum absolute atomic E-state index is 4.91. The van der Waals surface area contributed by atoms with E-state index in [1.807, 2.05) is 36.8 Å². The summed E-state index contributed by atoms with van der Waals surface area (Å²) in [6.07, 6.45) is 11.7. The lowest BCUT2D eigenvalue weighted by molar-refractivity contribution is 1.05. The highest BCUT2D eigenvalue weighted by molar-refractivity contribution is 6.22. The van der Waals surface area contributed by atoms with Gasteiger partial charge in [-0.15, -0.1) is 0 Å². The monoisotopic (exact) mass is 564 g/mol. The zero-order chi connectivity index (χ0) is 29.3. The number of benzene rings is 4. The highest BCUT2D eigenvalue weighted by Gasteiger charge is 2.19. The first-order valence-corrected chi connectivity index (χ1v) is 14.9. The Labute approximate surface area is 256 Å². The minimum absolute atomic E-state index is 0.857. The van der Waals surface area contributed by atoms with Crippen molar-refractivity contribution >= 4 is 27.3 Å². The molecule has 3 aromatic heterocycles. The molecule has 0 radical (unpaired) electrons. The Morgan fingerprint density at radius 3 is 1.75 bits per heavy atom. The summed E-state index contributed by atoms with van der Waals surface area (Å²) in [5.74, 6) is 0. The first-order chi connectivity index (χ1) is 21.8. The maximum Gasteiger partial charge on any atom is 0.0886 e. The molecule has 0 atom stereocenters. The number of aliphatic imine (C=N–C) groups is 1. The number of hydrogen-bond acceptors (Lipinski definition) is 4. The summed E-state index contributed by atoms with van der Waals surface area (Å²) < 4.78 is 0. The predicted molar refractivity (Wildman–Crippen MR) is 181 cm³/mol. The molecule has 4 nitrogen and oxygen atoms in total. The standard InChI is InChI=1S/C40H28N4/c1-2-10-27(11-3-1)28-16-19-33-34(24-28)40(30-18-21-38(44-26-30)36-15-7-9-23-42-36)32-13-5-4-12-31(32)39(33)29-17-20-37(43-25-29)35-14-6-8-22-41-35/h1-6,8-14,16-26H,7,15H2. The van der Waals surface area contributed by atoms with Crippen molar-refractivity contribution in [3.05, 3.63) is 152 Å². The predicted octanol–water partition coefficient (Wildman–Crippen LogP) is 9.94. The van der Waals surface area contributed by atoms with Crippen LogP contribution in [0.1, 0.15) is 18.5 Å². The molecule has 44 heavy (non-hydrogen) atoms. The lowest BCUT2D eigenvalue weighted by Crippen LogP contribution is -2.05. The maximum atomic E-state index is 4.91. The molecule has 0 aliphatic carbocycles. The van der Waals surface area contributed by atoms with E-state index >= 15 is 0 Å². The molecule has 4 heteroatoms. The molecule has 0 N–H and O–H groups in total. The third-order valence-corrected chi connectivity index (χ3v) is 8.34. The Bertz CT molecular complexity index is 2180. The third-order valence-electron chi connectivity index (χ3n) is 8.34. The van der Waals surface area contributed by atoms with Crippen molar-refractivity contribution < 1.29 is 0 Å². The molecule has 208 valence electrons. The van der Waals surface area contributed by atoms with E-state index in [4.69, 9.17) is 9.97 Å². The number of nitrogens with zero attached hydrogens (tertiary/aromatic N) is 4. The largest absolute Gasteiger partial charge is 0.259 e. The molecule has 8 rings (SSSR count). The van der Waals surface area contributed by atoms with Gasteiger partial charge in [0.25, 0.3) is 0 Å². The van der Waals surface area contributed by atoms with Crippen LogP contribution in [0.25, 0.3) is 66.3 Å². The van der Waals surface area contributed by atoms with Gasteiger partial charge in [0.1, 0.15) is 0 Å². The van der Waals surface area contributed by atoms with Gasteiger partial charge < -0.3 is 0 Å². The Morgan fingerprint density at radius 1 is 0.455 bits per heavy atom. The van der Waals surface area contributed by atoms with Crippen LogP contribution in [0, 0.1) is 0 Å². The highest BCUT2D eigenvalue weighted by Crippen LogP contribution is 2.44. The molecule has 0 spiro atoms. The Hall–Kier alpha value is -5.74. The van der Waals surface area contributed by atoms with Crippen LogP contribution >= 0.6 is 0 Å². The summed E-state index contributed by atoms with van der Waals surface area (Å²) in [6.45, 7) is 0. The average Bonchev–Trinajstić information content (AvgIpc) is 3.12. The zero-order valence-corrected chi connectivity index (χ0v) is 24.1. The van der Waals surface area contributed by atoms with E-state index in [0.717, 1.165) is 46.8 Å². The van der Waals surface area contributed by atoms with Crippen molar-refractivity contribution in [2.45, 2.75) is 12.8 Å². The van der Waals surface area contributed by atoms with Crippen molar-refractivity contribution in [1.29, 1.82) is 0 Å². The van der Waals surface area contributed by atoms with Crippen LogP contribution in [0.15, 0.2) is 151 Å². The number of hydrogen-bond donors (Lipinski definition) is 0. The minimum Gasteiger partial charge on any atom is -0.259 e. The van der Waals surface area contributed by atoms with Crippen molar-refractivity contribution in [3.63, 3.8) is 0 Å². The van der Waals surface area contributed by atoms with E-state index in [2.05, 4.69) is 113 Å². The average molecular weight is 565 g/mol. The molecule has 7 aromatic rings. The van der Waals surface area contributed by atoms with Crippen LogP contribution < -0.4 is 0 Å². The van der Waals surface area contributed by atoms with Gasteiger partial charge in [0.05, 0.1) is 22.8 Å². The van der Waals surface area contributed by atoms with Gasteiger partial charge in [-0.3, -0.25) is 19.9 Å². The highest BCUT2D eigenvalue weighted by atomic mass is 14.8. The van der Waals surface area contributed by atoms with Crippen LogP contribution in [-0.4, -0.2) is 20.7 Å². The van der Waals surface area contributed by atoms with Crippen LogP contribution in [0.3, 0.4) is 0 Å². The number of aromatic nitrogens is 3. The summed E-state index contributed by atoms with van der Waals surface area (Å²) in [5, 5.41) is 4.72. The zero-order valence-electron chi connectivity index (χ0n) is 24.1. The lowest BCUT2D eigenvalue weighted by atomic mass is 9.85. The van der Waals surface area contributed by atoms with Crippen LogP contribution in [0.5, 0.6) is 0 Å². The van der Waals surface area contributed by atoms with Crippen molar-refractivity contribution in [1.82, 2.24) is 15.0 Å². The first-order valence-electron chi connectivity index (χ1n) is 14.9.